The van der Waals surface area contributed by atoms with Crippen molar-refractivity contribution < 1.29 is 8.42 Å². The zero-order chi connectivity index (χ0) is 21.0. The minimum Gasteiger partial charge on any atom is -0.249 e. The molecule has 0 saturated heterocycles. The van der Waals surface area contributed by atoms with Crippen LogP contribution in [0.2, 0.25) is 0 Å². The zero-order valence-corrected chi connectivity index (χ0v) is 18.6. The molecule has 0 amide bonds. The molecular formula is C22H26N4O2S2. The summed E-state index contributed by atoms with van der Waals surface area (Å²) in [5, 5.41) is 5.04. The first-order valence-electron chi connectivity index (χ1n) is 10.2. The molecule has 0 bridgehead atoms. The second-order valence-corrected chi connectivity index (χ2v) is 10.5. The lowest BCUT2D eigenvalue weighted by Crippen LogP contribution is -2.38. The van der Waals surface area contributed by atoms with Gasteiger partial charge in [0.25, 0.3) is 0 Å². The van der Waals surface area contributed by atoms with Crippen LogP contribution in [-0.4, -0.2) is 40.6 Å². The van der Waals surface area contributed by atoms with E-state index in [9.17, 15) is 8.42 Å². The highest BCUT2D eigenvalue weighted by Gasteiger charge is 2.29. The number of hydrogen-bond donors (Lipinski definition) is 0. The Morgan fingerprint density at radius 2 is 1.87 bits per heavy atom. The van der Waals surface area contributed by atoms with Crippen LogP contribution >= 0.6 is 11.8 Å². The van der Waals surface area contributed by atoms with Crippen molar-refractivity contribution in [2.24, 2.45) is 0 Å². The van der Waals surface area contributed by atoms with Gasteiger partial charge in [0.2, 0.25) is 10.0 Å². The lowest BCUT2D eigenvalue weighted by Gasteiger charge is -2.30. The van der Waals surface area contributed by atoms with Crippen LogP contribution in [0.5, 0.6) is 0 Å². The Bertz CT molecular complexity index is 1040. The van der Waals surface area contributed by atoms with Gasteiger partial charge in [-0.15, -0.1) is 11.8 Å². The summed E-state index contributed by atoms with van der Waals surface area (Å²) in [6.07, 6.45) is 10.4. The molecule has 0 aliphatic heterocycles. The van der Waals surface area contributed by atoms with Crippen molar-refractivity contribution in [1.82, 2.24) is 19.1 Å². The van der Waals surface area contributed by atoms with E-state index in [1.54, 1.807) is 37.1 Å². The normalized spacial score (nSPS) is 15.5. The molecule has 1 aliphatic carbocycles. The molecule has 158 valence electrons. The lowest BCUT2D eigenvalue weighted by molar-refractivity contribution is 0.285. The van der Waals surface area contributed by atoms with E-state index in [1.807, 2.05) is 29.1 Å². The molecule has 30 heavy (non-hydrogen) atoms. The zero-order valence-electron chi connectivity index (χ0n) is 17.0. The van der Waals surface area contributed by atoms with Gasteiger partial charge in [-0.1, -0.05) is 31.4 Å². The first kappa shape index (κ1) is 21.1. The number of hydrogen-bond acceptors (Lipinski definition) is 5. The third-order valence-electron chi connectivity index (χ3n) is 5.57. The van der Waals surface area contributed by atoms with E-state index in [1.165, 1.54) is 22.5 Å². The van der Waals surface area contributed by atoms with Gasteiger partial charge in [-0.05, 0) is 48.7 Å². The standard InChI is InChI=1S/C22H26N4O2S2/c1-25(19-6-3-2-4-7-19)30(27,28)21-12-13-22(23-16-21)29-17-18-8-10-20(11-9-18)26-15-5-14-24-26/h5,8-16,19H,2-4,6-7,17H2,1H3. The van der Waals surface area contributed by atoms with E-state index in [0.29, 0.717) is 0 Å². The number of rotatable bonds is 7. The van der Waals surface area contributed by atoms with Crippen LogP contribution in [0.4, 0.5) is 0 Å². The molecule has 3 aromatic rings. The molecule has 0 unspecified atom stereocenters. The smallest absolute Gasteiger partial charge is 0.244 e. The van der Waals surface area contributed by atoms with Gasteiger partial charge in [0.15, 0.2) is 0 Å². The fraction of sp³-hybridized carbons (Fsp3) is 0.364. The van der Waals surface area contributed by atoms with Crippen LogP contribution in [0, 0.1) is 0 Å². The second kappa shape index (κ2) is 9.32. The molecular weight excluding hydrogens is 416 g/mol. The maximum Gasteiger partial charge on any atom is 0.244 e. The Labute approximate surface area is 182 Å². The maximum absolute atomic E-state index is 12.9. The van der Waals surface area contributed by atoms with Crippen LogP contribution in [0.15, 0.2) is 71.0 Å². The summed E-state index contributed by atoms with van der Waals surface area (Å²) in [4.78, 5) is 4.66. The van der Waals surface area contributed by atoms with Gasteiger partial charge in [0.05, 0.1) is 10.7 Å². The van der Waals surface area contributed by atoms with E-state index >= 15 is 0 Å². The van der Waals surface area contributed by atoms with Crippen molar-refractivity contribution in [2.75, 3.05) is 7.05 Å². The van der Waals surface area contributed by atoms with Crippen molar-refractivity contribution in [3.8, 4) is 5.69 Å². The topological polar surface area (TPSA) is 68.1 Å². The van der Waals surface area contributed by atoms with E-state index in [4.69, 9.17) is 0 Å². The molecule has 0 atom stereocenters. The van der Waals surface area contributed by atoms with Crippen LogP contribution in [0.3, 0.4) is 0 Å². The third kappa shape index (κ3) is 4.77. The highest BCUT2D eigenvalue weighted by molar-refractivity contribution is 7.98. The summed E-state index contributed by atoms with van der Waals surface area (Å²) in [7, 11) is -1.80. The second-order valence-electron chi connectivity index (χ2n) is 7.55. The molecule has 1 aromatic carbocycles. The van der Waals surface area contributed by atoms with Crippen molar-refractivity contribution in [3.63, 3.8) is 0 Å². The molecule has 1 aliphatic rings. The first-order valence-corrected chi connectivity index (χ1v) is 12.6. The average Bonchev–Trinajstić information content (AvgIpc) is 3.33. The van der Waals surface area contributed by atoms with Gasteiger partial charge in [-0.3, -0.25) is 0 Å². The molecule has 0 N–H and O–H groups in total. The van der Waals surface area contributed by atoms with Gasteiger partial charge < -0.3 is 0 Å². The Kier molecular flexibility index (Phi) is 6.55. The predicted molar refractivity (Wildman–Crippen MR) is 119 cm³/mol. The predicted octanol–water partition coefficient (Wildman–Crippen LogP) is 4.51. The monoisotopic (exact) mass is 442 g/mol. The van der Waals surface area contributed by atoms with E-state index in [-0.39, 0.29) is 10.9 Å². The number of pyridine rings is 1. The summed E-state index contributed by atoms with van der Waals surface area (Å²) >= 11 is 1.59. The van der Waals surface area contributed by atoms with Gasteiger partial charge >= 0.3 is 0 Å². The maximum atomic E-state index is 12.9. The van der Waals surface area contributed by atoms with Crippen molar-refractivity contribution in [3.05, 3.63) is 66.6 Å². The minimum atomic E-state index is -3.50. The van der Waals surface area contributed by atoms with Crippen molar-refractivity contribution >= 4 is 21.8 Å². The summed E-state index contributed by atoms with van der Waals surface area (Å²) in [5.41, 5.74) is 2.19. The Hall–Kier alpha value is -2.16. The Balaban J connectivity index is 1.37. The van der Waals surface area contributed by atoms with Crippen LogP contribution in [0.1, 0.15) is 37.7 Å². The quantitative estimate of drug-likeness (QED) is 0.504. The average molecular weight is 443 g/mol. The van der Waals surface area contributed by atoms with Gasteiger partial charge in [-0.2, -0.15) is 9.40 Å². The molecule has 2 heterocycles. The molecule has 1 saturated carbocycles. The highest BCUT2D eigenvalue weighted by atomic mass is 32.2. The summed E-state index contributed by atoms with van der Waals surface area (Å²) in [6.45, 7) is 0. The van der Waals surface area contributed by atoms with Crippen molar-refractivity contribution in [1.29, 1.82) is 0 Å². The van der Waals surface area contributed by atoms with E-state index in [0.717, 1.165) is 42.1 Å². The van der Waals surface area contributed by atoms with Gasteiger partial charge in [0, 0.05) is 37.4 Å². The van der Waals surface area contributed by atoms with Crippen LogP contribution < -0.4 is 0 Å². The fourth-order valence-electron chi connectivity index (χ4n) is 3.74. The molecule has 1 fully saturated rings. The lowest BCUT2D eigenvalue weighted by atomic mass is 9.96. The number of benzene rings is 1. The van der Waals surface area contributed by atoms with Gasteiger partial charge in [0.1, 0.15) is 4.90 Å². The van der Waals surface area contributed by atoms with E-state index < -0.39 is 10.0 Å². The molecule has 6 nitrogen and oxygen atoms in total. The Morgan fingerprint density at radius 1 is 1.10 bits per heavy atom. The fourth-order valence-corrected chi connectivity index (χ4v) is 5.90. The van der Waals surface area contributed by atoms with Gasteiger partial charge in [-0.25, -0.2) is 18.1 Å². The molecule has 2 aromatic heterocycles. The Morgan fingerprint density at radius 3 is 2.50 bits per heavy atom. The van der Waals surface area contributed by atoms with Crippen LogP contribution in [0.25, 0.3) is 5.69 Å². The summed E-state index contributed by atoms with van der Waals surface area (Å²) < 4.78 is 29.2. The SMILES string of the molecule is CN(C1CCCCC1)S(=O)(=O)c1ccc(SCc2ccc(-n3cccn3)cc2)nc1. The number of sulfonamides is 1. The first-order chi connectivity index (χ1) is 14.5. The molecule has 0 spiro atoms. The minimum absolute atomic E-state index is 0.0995. The summed E-state index contributed by atoms with van der Waals surface area (Å²) in [6, 6.07) is 13.7. The summed E-state index contributed by atoms with van der Waals surface area (Å²) in [5.74, 6) is 0.764. The number of thioether (sulfide) groups is 1. The third-order valence-corrected chi connectivity index (χ3v) is 8.48. The molecule has 4 rings (SSSR count). The number of aromatic nitrogens is 3. The molecule has 8 heteroatoms. The van der Waals surface area contributed by atoms with Crippen molar-refractivity contribution in [2.45, 2.75) is 53.8 Å². The molecule has 0 radical (unpaired) electrons. The van der Waals surface area contributed by atoms with E-state index in [2.05, 4.69) is 22.2 Å². The highest BCUT2D eigenvalue weighted by Crippen LogP contribution is 2.27. The van der Waals surface area contributed by atoms with Crippen LogP contribution in [-0.2, 0) is 15.8 Å². The number of nitrogens with zero attached hydrogens (tertiary/aromatic N) is 4. The largest absolute Gasteiger partial charge is 0.249 e.